The molecular weight excluding hydrogens is 226 g/mol. The molecule has 0 spiro atoms. The molecule has 1 saturated heterocycles. The van der Waals surface area contributed by atoms with E-state index in [1.165, 1.54) is 19.3 Å². The maximum atomic E-state index is 12.5. The SMILES string of the molecule is CCn1cc(N)cc1C(=O)N1CC2CCCC2C1. The first-order valence-corrected chi connectivity index (χ1v) is 6.94. The number of likely N-dealkylation sites (tertiary alicyclic amines) is 1. The van der Waals surface area contributed by atoms with Crippen LogP contribution in [0.2, 0.25) is 0 Å². The molecule has 3 rings (SSSR count). The molecule has 1 saturated carbocycles. The topological polar surface area (TPSA) is 51.3 Å². The van der Waals surface area contributed by atoms with Crippen molar-refractivity contribution in [1.82, 2.24) is 9.47 Å². The van der Waals surface area contributed by atoms with E-state index in [4.69, 9.17) is 5.73 Å². The number of aromatic nitrogens is 1. The summed E-state index contributed by atoms with van der Waals surface area (Å²) in [4.78, 5) is 14.5. The summed E-state index contributed by atoms with van der Waals surface area (Å²) in [7, 11) is 0. The Kier molecular flexibility index (Phi) is 2.80. The molecule has 2 unspecified atom stereocenters. The van der Waals surface area contributed by atoms with Crippen LogP contribution in [-0.4, -0.2) is 28.5 Å². The van der Waals surface area contributed by atoms with Crippen molar-refractivity contribution in [2.24, 2.45) is 11.8 Å². The van der Waals surface area contributed by atoms with Crippen molar-refractivity contribution in [3.05, 3.63) is 18.0 Å². The van der Waals surface area contributed by atoms with Crippen molar-refractivity contribution >= 4 is 11.6 Å². The predicted octanol–water partition coefficient (Wildman–Crippen LogP) is 1.96. The molecule has 0 bridgehead atoms. The highest BCUT2D eigenvalue weighted by Crippen LogP contribution is 2.38. The van der Waals surface area contributed by atoms with Crippen molar-refractivity contribution in [1.29, 1.82) is 0 Å². The van der Waals surface area contributed by atoms with Crippen LogP contribution in [0, 0.1) is 11.8 Å². The van der Waals surface area contributed by atoms with Gasteiger partial charge in [-0.1, -0.05) is 6.42 Å². The van der Waals surface area contributed by atoms with E-state index in [0.29, 0.717) is 5.69 Å². The molecule has 98 valence electrons. The van der Waals surface area contributed by atoms with Gasteiger partial charge in [0.25, 0.3) is 5.91 Å². The highest BCUT2D eigenvalue weighted by molar-refractivity contribution is 5.94. The average Bonchev–Trinajstić information content (AvgIpc) is 3.00. The summed E-state index contributed by atoms with van der Waals surface area (Å²) in [5.41, 5.74) is 7.22. The number of carbonyl (C=O) groups is 1. The van der Waals surface area contributed by atoms with Gasteiger partial charge in [-0.2, -0.15) is 0 Å². The number of fused-ring (bicyclic) bond motifs is 1. The lowest BCUT2D eigenvalue weighted by molar-refractivity contribution is 0.0770. The van der Waals surface area contributed by atoms with Crippen LogP contribution in [0.15, 0.2) is 12.3 Å². The molecule has 4 nitrogen and oxygen atoms in total. The van der Waals surface area contributed by atoms with Crippen molar-refractivity contribution in [2.75, 3.05) is 18.8 Å². The zero-order chi connectivity index (χ0) is 12.7. The van der Waals surface area contributed by atoms with Gasteiger partial charge in [0.05, 0.1) is 5.69 Å². The molecule has 18 heavy (non-hydrogen) atoms. The second-order valence-corrected chi connectivity index (χ2v) is 5.61. The smallest absolute Gasteiger partial charge is 0.270 e. The Labute approximate surface area is 108 Å². The molecule has 2 aliphatic rings. The van der Waals surface area contributed by atoms with Crippen molar-refractivity contribution < 1.29 is 4.79 Å². The Morgan fingerprint density at radius 2 is 2.06 bits per heavy atom. The number of hydrogen-bond acceptors (Lipinski definition) is 2. The fourth-order valence-corrected chi connectivity index (χ4v) is 3.54. The van der Waals surface area contributed by atoms with E-state index in [1.807, 2.05) is 22.6 Å². The normalized spacial score (nSPS) is 26.6. The maximum Gasteiger partial charge on any atom is 0.270 e. The first-order valence-electron chi connectivity index (χ1n) is 6.94. The zero-order valence-electron chi connectivity index (χ0n) is 10.9. The van der Waals surface area contributed by atoms with Crippen LogP contribution in [-0.2, 0) is 6.54 Å². The molecule has 1 aromatic rings. The third-order valence-corrected chi connectivity index (χ3v) is 4.49. The third kappa shape index (κ3) is 1.80. The fourth-order valence-electron chi connectivity index (χ4n) is 3.54. The van der Waals surface area contributed by atoms with E-state index in [9.17, 15) is 4.79 Å². The van der Waals surface area contributed by atoms with Crippen LogP contribution in [0.5, 0.6) is 0 Å². The van der Waals surface area contributed by atoms with E-state index in [0.717, 1.165) is 37.2 Å². The monoisotopic (exact) mass is 247 g/mol. The van der Waals surface area contributed by atoms with Gasteiger partial charge in [-0.3, -0.25) is 4.79 Å². The lowest BCUT2D eigenvalue weighted by atomic mass is 10.0. The zero-order valence-corrected chi connectivity index (χ0v) is 10.9. The van der Waals surface area contributed by atoms with E-state index >= 15 is 0 Å². The van der Waals surface area contributed by atoms with Crippen molar-refractivity contribution in [2.45, 2.75) is 32.7 Å². The third-order valence-electron chi connectivity index (χ3n) is 4.49. The molecule has 2 fully saturated rings. The van der Waals surface area contributed by atoms with Gasteiger partial charge in [-0.25, -0.2) is 0 Å². The van der Waals surface area contributed by atoms with E-state index < -0.39 is 0 Å². The minimum Gasteiger partial charge on any atom is -0.397 e. The number of amides is 1. The van der Waals surface area contributed by atoms with Crippen LogP contribution in [0.25, 0.3) is 0 Å². The molecule has 2 atom stereocenters. The summed E-state index contributed by atoms with van der Waals surface area (Å²) in [5.74, 6) is 1.65. The summed E-state index contributed by atoms with van der Waals surface area (Å²) >= 11 is 0. The van der Waals surface area contributed by atoms with Gasteiger partial charge in [-0.15, -0.1) is 0 Å². The lowest BCUT2D eigenvalue weighted by Crippen LogP contribution is -2.31. The van der Waals surface area contributed by atoms with E-state index in [-0.39, 0.29) is 5.91 Å². The Hall–Kier alpha value is -1.45. The molecule has 0 aromatic carbocycles. The molecule has 1 aliphatic heterocycles. The van der Waals surface area contributed by atoms with Gasteiger partial charge in [-0.05, 0) is 37.7 Å². The fraction of sp³-hybridized carbons (Fsp3) is 0.643. The van der Waals surface area contributed by atoms with Crippen LogP contribution >= 0.6 is 0 Å². The number of anilines is 1. The highest BCUT2D eigenvalue weighted by Gasteiger charge is 2.38. The average molecular weight is 247 g/mol. The molecule has 2 heterocycles. The minimum absolute atomic E-state index is 0.156. The molecule has 0 radical (unpaired) electrons. The molecule has 2 N–H and O–H groups in total. The number of rotatable bonds is 2. The van der Waals surface area contributed by atoms with E-state index in [1.54, 1.807) is 6.07 Å². The summed E-state index contributed by atoms with van der Waals surface area (Å²) in [6.45, 7) is 4.71. The number of aryl methyl sites for hydroxylation is 1. The Bertz CT molecular complexity index is 454. The van der Waals surface area contributed by atoms with E-state index in [2.05, 4.69) is 0 Å². The van der Waals surface area contributed by atoms with Crippen LogP contribution < -0.4 is 5.73 Å². The minimum atomic E-state index is 0.156. The largest absolute Gasteiger partial charge is 0.397 e. The molecule has 1 aromatic heterocycles. The van der Waals surface area contributed by atoms with Gasteiger partial charge < -0.3 is 15.2 Å². The Morgan fingerprint density at radius 3 is 2.67 bits per heavy atom. The molecule has 1 aliphatic carbocycles. The van der Waals surface area contributed by atoms with Crippen LogP contribution in [0.4, 0.5) is 5.69 Å². The Morgan fingerprint density at radius 1 is 1.39 bits per heavy atom. The number of nitrogens with zero attached hydrogens (tertiary/aromatic N) is 2. The second-order valence-electron chi connectivity index (χ2n) is 5.61. The first-order chi connectivity index (χ1) is 8.69. The van der Waals surface area contributed by atoms with Crippen LogP contribution in [0.1, 0.15) is 36.7 Å². The highest BCUT2D eigenvalue weighted by atomic mass is 16.2. The summed E-state index contributed by atoms with van der Waals surface area (Å²) in [6, 6.07) is 1.81. The first kappa shape index (κ1) is 11.6. The number of hydrogen-bond donors (Lipinski definition) is 1. The molecule has 4 heteroatoms. The quantitative estimate of drug-likeness (QED) is 0.868. The molecular formula is C14H21N3O. The number of nitrogens with two attached hydrogens (primary N) is 1. The van der Waals surface area contributed by atoms with Gasteiger partial charge in [0.2, 0.25) is 0 Å². The summed E-state index contributed by atoms with van der Waals surface area (Å²) in [6.07, 6.45) is 5.79. The Balaban J connectivity index is 1.78. The summed E-state index contributed by atoms with van der Waals surface area (Å²) in [5, 5.41) is 0. The molecule has 1 amide bonds. The van der Waals surface area contributed by atoms with Gasteiger partial charge in [0.15, 0.2) is 0 Å². The predicted molar refractivity (Wildman–Crippen MR) is 71.3 cm³/mol. The number of carbonyl (C=O) groups excluding carboxylic acids is 1. The lowest BCUT2D eigenvalue weighted by Gasteiger charge is -2.18. The van der Waals surface area contributed by atoms with Crippen LogP contribution in [0.3, 0.4) is 0 Å². The maximum absolute atomic E-state index is 12.5. The van der Waals surface area contributed by atoms with Gasteiger partial charge >= 0.3 is 0 Å². The van der Waals surface area contributed by atoms with Crippen molar-refractivity contribution in [3.8, 4) is 0 Å². The van der Waals surface area contributed by atoms with Crippen molar-refractivity contribution in [3.63, 3.8) is 0 Å². The summed E-state index contributed by atoms with van der Waals surface area (Å²) < 4.78 is 1.95. The number of nitrogen functional groups attached to an aromatic ring is 1. The van der Waals surface area contributed by atoms with Gasteiger partial charge in [0.1, 0.15) is 5.69 Å². The van der Waals surface area contributed by atoms with Gasteiger partial charge in [0, 0.05) is 25.8 Å². The second kappa shape index (κ2) is 4.34. The standard InChI is InChI=1S/C14H21N3O/c1-2-16-9-12(15)6-13(16)14(18)17-7-10-4-3-5-11(10)8-17/h6,9-11H,2-5,7-8,15H2,1H3.